The second-order valence-corrected chi connectivity index (χ2v) is 10.3. The van der Waals surface area contributed by atoms with Crippen molar-refractivity contribution in [1.29, 1.82) is 5.41 Å². The van der Waals surface area contributed by atoms with E-state index in [1.54, 1.807) is 27.0 Å². The molecule has 196 valence electrons. The summed E-state index contributed by atoms with van der Waals surface area (Å²) in [5.41, 5.74) is 6.69. The first kappa shape index (κ1) is 26.7. The highest BCUT2D eigenvalue weighted by molar-refractivity contribution is 6.38. The number of aliphatic hydroxyl groups is 1. The molecule has 0 bridgehead atoms. The third kappa shape index (κ3) is 5.95. The molecule has 0 aliphatic heterocycles. The minimum Gasteiger partial charge on any atom is -0.396 e. The quantitative estimate of drug-likeness (QED) is 0.151. The van der Waals surface area contributed by atoms with Crippen molar-refractivity contribution in [3.05, 3.63) is 71.4 Å². The minimum atomic E-state index is -0.852. The number of carbonyl (C=O) groups excluding carboxylic acids is 2. The van der Waals surface area contributed by atoms with Gasteiger partial charge < -0.3 is 15.7 Å². The van der Waals surface area contributed by atoms with Gasteiger partial charge in [0.25, 0.3) is 0 Å². The Bertz CT molecular complexity index is 1500. The van der Waals surface area contributed by atoms with E-state index in [4.69, 9.17) is 10.5 Å². The fourth-order valence-corrected chi connectivity index (χ4v) is 3.93. The lowest BCUT2D eigenvalue weighted by Crippen LogP contribution is -2.46. The maximum atomic E-state index is 12.2. The summed E-state index contributed by atoms with van der Waals surface area (Å²) in [6.07, 6.45) is 2.42. The summed E-state index contributed by atoms with van der Waals surface area (Å²) in [5, 5.41) is 30.4. The third-order valence-corrected chi connectivity index (χ3v) is 6.36. The molecule has 0 fully saturated rings. The zero-order chi connectivity index (χ0) is 27.4. The van der Waals surface area contributed by atoms with Gasteiger partial charge in [0.05, 0.1) is 5.69 Å². The predicted molar refractivity (Wildman–Crippen MR) is 147 cm³/mol. The molecule has 0 unspecified atom stereocenters. The molecule has 2 amide bonds. The van der Waals surface area contributed by atoms with Gasteiger partial charge in [-0.15, -0.1) is 0 Å². The topological polar surface area (TPSA) is 144 Å². The summed E-state index contributed by atoms with van der Waals surface area (Å²) in [6, 6.07) is 16.0. The van der Waals surface area contributed by atoms with Crippen LogP contribution < -0.4 is 10.6 Å². The Balaban J connectivity index is 1.50. The van der Waals surface area contributed by atoms with E-state index in [-0.39, 0.29) is 19.0 Å². The van der Waals surface area contributed by atoms with Crippen LogP contribution in [0.2, 0.25) is 0 Å². The zero-order valence-corrected chi connectivity index (χ0v) is 22.0. The highest BCUT2D eigenvalue weighted by Crippen LogP contribution is 2.30. The molecule has 0 saturated carbocycles. The van der Waals surface area contributed by atoms with Gasteiger partial charge in [-0.1, -0.05) is 57.2 Å². The van der Waals surface area contributed by atoms with E-state index in [2.05, 4.69) is 31.9 Å². The maximum Gasteiger partial charge on any atom is 0.314 e. The van der Waals surface area contributed by atoms with Crippen molar-refractivity contribution < 1.29 is 14.7 Å². The van der Waals surface area contributed by atoms with Gasteiger partial charge in [-0.05, 0) is 47.7 Å². The Hall–Kier alpha value is -4.37. The number of fused-ring (bicyclic) bond motifs is 1. The number of carbonyl (C=O) groups is 2. The van der Waals surface area contributed by atoms with Crippen LogP contribution in [0.15, 0.2) is 54.7 Å². The van der Waals surface area contributed by atoms with Gasteiger partial charge in [-0.25, -0.2) is 4.98 Å². The number of nitrogens with one attached hydrogen (secondary N) is 4. The number of H-pyrrole nitrogens is 1. The molecule has 4 aromatic rings. The fraction of sp³-hybridized carbons (Fsp3) is 0.276. The number of aryl methyl sites for hydroxylation is 1. The van der Waals surface area contributed by atoms with Crippen molar-refractivity contribution in [1.82, 2.24) is 25.8 Å². The third-order valence-electron chi connectivity index (χ3n) is 6.36. The van der Waals surface area contributed by atoms with Crippen molar-refractivity contribution in [3.63, 3.8) is 0 Å². The lowest BCUT2D eigenvalue weighted by atomic mass is 9.95. The van der Waals surface area contributed by atoms with Crippen LogP contribution in [0.4, 0.5) is 0 Å². The standard InChI is InChI=1S/C29H32N6O3/c1-17-13-20(9-10-21(17)15-32-26(37)27(38)33-28(30)29(2,3)4)24-23-14-22(16-31-25(23)35-34-24)19-7-5-18(6-8-19)11-12-36/h5-10,13-14,16,36H,11-12,15H2,1-4H3,(H,32,37)(H2,30,33,38)(H,31,34,35). The van der Waals surface area contributed by atoms with Crippen LogP contribution in [0.5, 0.6) is 0 Å². The first-order chi connectivity index (χ1) is 18.1. The second-order valence-electron chi connectivity index (χ2n) is 10.3. The fourth-order valence-electron chi connectivity index (χ4n) is 3.93. The van der Waals surface area contributed by atoms with Crippen molar-refractivity contribution in [2.24, 2.45) is 5.41 Å². The molecule has 9 heteroatoms. The van der Waals surface area contributed by atoms with Crippen LogP contribution in [0, 0.1) is 17.7 Å². The lowest BCUT2D eigenvalue weighted by molar-refractivity contribution is -0.138. The van der Waals surface area contributed by atoms with Crippen molar-refractivity contribution in [2.75, 3.05) is 6.61 Å². The Morgan fingerprint density at radius 3 is 2.37 bits per heavy atom. The molecule has 5 N–H and O–H groups in total. The molecule has 2 heterocycles. The maximum absolute atomic E-state index is 12.2. The molecule has 0 atom stereocenters. The van der Waals surface area contributed by atoms with Crippen LogP contribution in [0.1, 0.15) is 37.5 Å². The Morgan fingerprint density at radius 1 is 1.00 bits per heavy atom. The number of amides is 2. The number of aromatic nitrogens is 3. The summed E-state index contributed by atoms with van der Waals surface area (Å²) in [4.78, 5) is 28.9. The van der Waals surface area contributed by atoms with Gasteiger partial charge in [0.15, 0.2) is 5.65 Å². The highest BCUT2D eigenvalue weighted by Gasteiger charge is 2.22. The van der Waals surface area contributed by atoms with E-state index in [1.165, 1.54) is 0 Å². The Labute approximate surface area is 221 Å². The molecule has 4 rings (SSSR count). The molecule has 0 aliphatic rings. The molecule has 38 heavy (non-hydrogen) atoms. The van der Waals surface area contributed by atoms with Gasteiger partial charge in [0, 0.05) is 41.3 Å². The summed E-state index contributed by atoms with van der Waals surface area (Å²) in [7, 11) is 0. The molecular formula is C29H32N6O3. The van der Waals surface area contributed by atoms with Crippen LogP contribution in [-0.2, 0) is 22.6 Å². The number of pyridine rings is 1. The number of aliphatic hydroxyl groups excluding tert-OH is 1. The van der Waals surface area contributed by atoms with E-state index in [9.17, 15) is 9.59 Å². The van der Waals surface area contributed by atoms with E-state index in [0.29, 0.717) is 12.1 Å². The first-order valence-electron chi connectivity index (χ1n) is 12.4. The van der Waals surface area contributed by atoms with Crippen molar-refractivity contribution in [2.45, 2.75) is 40.7 Å². The SMILES string of the molecule is Cc1cc(-c2[nH]nc3ncc(-c4ccc(CCO)cc4)cc23)ccc1CNC(=O)C(=O)NC(=N)C(C)(C)C. The van der Waals surface area contributed by atoms with Gasteiger partial charge in [0.2, 0.25) is 0 Å². The number of aromatic amines is 1. The number of nitrogens with zero attached hydrogens (tertiary/aromatic N) is 2. The van der Waals surface area contributed by atoms with E-state index in [1.807, 2.05) is 49.4 Å². The number of hydrogen-bond acceptors (Lipinski definition) is 6. The lowest BCUT2D eigenvalue weighted by Gasteiger charge is -2.19. The molecular weight excluding hydrogens is 480 g/mol. The Kier molecular flexibility index (Phi) is 7.68. The average molecular weight is 513 g/mol. The van der Waals surface area contributed by atoms with Gasteiger partial charge in [-0.2, -0.15) is 5.10 Å². The zero-order valence-electron chi connectivity index (χ0n) is 22.0. The van der Waals surface area contributed by atoms with Crippen LogP contribution in [0.3, 0.4) is 0 Å². The van der Waals surface area contributed by atoms with Crippen molar-refractivity contribution in [3.8, 4) is 22.4 Å². The molecule has 0 aliphatic carbocycles. The monoisotopic (exact) mass is 512 g/mol. The molecule has 9 nitrogen and oxygen atoms in total. The van der Waals surface area contributed by atoms with E-state index < -0.39 is 17.2 Å². The molecule has 2 aromatic heterocycles. The van der Waals surface area contributed by atoms with Gasteiger partial charge in [0.1, 0.15) is 5.84 Å². The molecule has 0 spiro atoms. The van der Waals surface area contributed by atoms with Crippen molar-refractivity contribution >= 4 is 28.7 Å². The van der Waals surface area contributed by atoms with Gasteiger partial charge in [-0.3, -0.25) is 20.1 Å². The minimum absolute atomic E-state index is 0.0127. The second kappa shape index (κ2) is 10.9. The van der Waals surface area contributed by atoms with E-state index in [0.717, 1.165) is 44.5 Å². The average Bonchev–Trinajstić information content (AvgIpc) is 3.31. The summed E-state index contributed by atoms with van der Waals surface area (Å²) in [6.45, 7) is 7.60. The largest absolute Gasteiger partial charge is 0.396 e. The smallest absolute Gasteiger partial charge is 0.314 e. The number of hydrogen-bond donors (Lipinski definition) is 5. The van der Waals surface area contributed by atoms with E-state index >= 15 is 0 Å². The van der Waals surface area contributed by atoms with Crippen LogP contribution in [-0.4, -0.2) is 44.5 Å². The number of amidine groups is 1. The predicted octanol–water partition coefficient (Wildman–Crippen LogP) is 3.89. The van der Waals surface area contributed by atoms with Crippen LogP contribution >= 0.6 is 0 Å². The van der Waals surface area contributed by atoms with Crippen LogP contribution in [0.25, 0.3) is 33.4 Å². The summed E-state index contributed by atoms with van der Waals surface area (Å²) in [5.74, 6) is -1.65. The number of benzene rings is 2. The summed E-state index contributed by atoms with van der Waals surface area (Å²) < 4.78 is 0. The first-order valence-corrected chi connectivity index (χ1v) is 12.4. The molecule has 0 radical (unpaired) electrons. The molecule has 2 aromatic carbocycles. The highest BCUT2D eigenvalue weighted by atomic mass is 16.3. The molecule has 0 saturated heterocycles. The summed E-state index contributed by atoms with van der Waals surface area (Å²) >= 11 is 0. The normalized spacial score (nSPS) is 11.4. The van der Waals surface area contributed by atoms with Gasteiger partial charge >= 0.3 is 11.8 Å². The number of rotatable bonds is 6. The Morgan fingerprint density at radius 2 is 1.71 bits per heavy atom.